The number of Topliss-reactive ketones (excluding diaryl/α,β-unsaturated/α-hetero) is 2. The molecule has 0 N–H and O–H groups in total. The number of fused-ring (bicyclic) bond motifs is 3. The second kappa shape index (κ2) is 9.66. The van der Waals surface area contributed by atoms with Crippen LogP contribution in [0.3, 0.4) is 0 Å². The zero-order valence-corrected chi connectivity index (χ0v) is 24.6. The van der Waals surface area contributed by atoms with Gasteiger partial charge in [0.2, 0.25) is 0 Å². The van der Waals surface area contributed by atoms with Crippen molar-refractivity contribution in [2.24, 2.45) is 17.8 Å². The van der Waals surface area contributed by atoms with Crippen molar-refractivity contribution < 1.29 is 28.3 Å². The molecule has 0 saturated heterocycles. The molecule has 4 atom stereocenters. The molecule has 1 fully saturated rings. The quantitative estimate of drug-likeness (QED) is 0.255. The molecule has 200 valence electrons. The first kappa shape index (κ1) is 27.5. The van der Waals surface area contributed by atoms with Gasteiger partial charge in [0.15, 0.2) is 19.9 Å². The van der Waals surface area contributed by atoms with E-state index in [0.717, 1.165) is 5.57 Å². The van der Waals surface area contributed by atoms with Gasteiger partial charge in [-0.3, -0.25) is 14.4 Å². The SMILES string of the molecule is COc1cccc2c1C(=O)C1=C(C2=O)[C@H]2C(=CC1)[C@@H](OC(=O)C(C)C)[C@H](C)C[C@@H]2O[Si](C)(C)C(C)(C)C. The molecule has 4 rings (SSSR count). The van der Waals surface area contributed by atoms with Crippen LogP contribution < -0.4 is 4.74 Å². The summed E-state index contributed by atoms with van der Waals surface area (Å²) in [5.74, 6) is -0.862. The smallest absolute Gasteiger partial charge is 0.308 e. The monoisotopic (exact) mass is 524 g/mol. The van der Waals surface area contributed by atoms with Gasteiger partial charge in [0, 0.05) is 22.6 Å². The third kappa shape index (κ3) is 4.65. The Balaban J connectivity index is 1.85. The van der Waals surface area contributed by atoms with Crippen LogP contribution in [0.2, 0.25) is 18.1 Å². The second-order valence-corrected chi connectivity index (χ2v) is 17.2. The van der Waals surface area contributed by atoms with Crippen LogP contribution in [-0.4, -0.2) is 45.2 Å². The molecule has 1 aromatic rings. The number of carbonyl (C=O) groups is 3. The predicted molar refractivity (Wildman–Crippen MR) is 145 cm³/mol. The third-order valence-corrected chi connectivity index (χ3v) is 13.1. The Kier molecular flexibility index (Phi) is 7.18. The number of ether oxygens (including phenoxy) is 2. The summed E-state index contributed by atoms with van der Waals surface area (Å²) in [5.41, 5.74) is 2.60. The van der Waals surface area contributed by atoms with Crippen molar-refractivity contribution >= 4 is 25.9 Å². The summed E-state index contributed by atoms with van der Waals surface area (Å²) >= 11 is 0. The van der Waals surface area contributed by atoms with Gasteiger partial charge in [0.1, 0.15) is 11.9 Å². The Morgan fingerprint density at radius 1 is 1.11 bits per heavy atom. The molecule has 1 saturated carbocycles. The van der Waals surface area contributed by atoms with Crippen molar-refractivity contribution in [2.75, 3.05) is 7.11 Å². The van der Waals surface area contributed by atoms with Gasteiger partial charge in [-0.15, -0.1) is 0 Å². The molecule has 3 aliphatic rings. The molecule has 0 heterocycles. The van der Waals surface area contributed by atoms with Crippen LogP contribution in [0.1, 0.15) is 75.1 Å². The summed E-state index contributed by atoms with van der Waals surface area (Å²) in [6.07, 6.45) is 2.21. The lowest BCUT2D eigenvalue weighted by molar-refractivity contribution is -0.155. The number of allylic oxidation sites excluding steroid dienone is 2. The van der Waals surface area contributed by atoms with Crippen LogP contribution in [0.4, 0.5) is 0 Å². The van der Waals surface area contributed by atoms with Crippen molar-refractivity contribution in [3.8, 4) is 5.75 Å². The zero-order chi connectivity index (χ0) is 27.4. The standard InChI is InChI=1S/C30H40O6Si/c1-16(2)29(33)35-28-17(3)15-22(36-37(8,9)30(4,5)6)23-20(28)14-13-19-25(23)27(32)18-11-10-12-21(34-7)24(18)26(19)31/h10-12,14,16-17,22-23,28H,13,15H2,1-9H3/t17-,22+,23+,28+/m1/s1. The highest BCUT2D eigenvalue weighted by atomic mass is 28.4. The van der Waals surface area contributed by atoms with Crippen LogP contribution in [0.25, 0.3) is 0 Å². The van der Waals surface area contributed by atoms with Crippen LogP contribution in [0, 0.1) is 17.8 Å². The maximum Gasteiger partial charge on any atom is 0.308 e. The molecule has 37 heavy (non-hydrogen) atoms. The maximum absolute atomic E-state index is 14.1. The summed E-state index contributed by atoms with van der Waals surface area (Å²) in [6, 6.07) is 5.16. The minimum atomic E-state index is -2.23. The van der Waals surface area contributed by atoms with E-state index in [2.05, 4.69) is 40.8 Å². The van der Waals surface area contributed by atoms with E-state index in [1.165, 1.54) is 7.11 Å². The molecule has 1 aromatic carbocycles. The van der Waals surface area contributed by atoms with Crippen LogP contribution in [0.15, 0.2) is 41.0 Å². The van der Waals surface area contributed by atoms with Crippen molar-refractivity contribution in [3.63, 3.8) is 0 Å². The fourth-order valence-corrected chi connectivity index (χ4v) is 6.83. The van der Waals surface area contributed by atoms with Gasteiger partial charge in [-0.2, -0.15) is 0 Å². The fourth-order valence-electron chi connectivity index (χ4n) is 5.49. The van der Waals surface area contributed by atoms with Gasteiger partial charge in [-0.25, -0.2) is 0 Å². The van der Waals surface area contributed by atoms with E-state index < -0.39 is 20.3 Å². The van der Waals surface area contributed by atoms with Crippen molar-refractivity contribution in [3.05, 3.63) is 52.1 Å². The minimum absolute atomic E-state index is 0.0175. The Labute approximate surface area is 221 Å². The highest BCUT2D eigenvalue weighted by molar-refractivity contribution is 6.74. The van der Waals surface area contributed by atoms with Gasteiger partial charge in [-0.1, -0.05) is 59.8 Å². The fraction of sp³-hybridized carbons (Fsp3) is 0.567. The Bertz CT molecular complexity index is 1200. The molecule has 0 spiro atoms. The summed E-state index contributed by atoms with van der Waals surface area (Å²) in [7, 11) is -0.717. The first-order valence-corrected chi connectivity index (χ1v) is 16.2. The lowest BCUT2D eigenvalue weighted by atomic mass is 9.64. The topological polar surface area (TPSA) is 78.9 Å². The van der Waals surface area contributed by atoms with Gasteiger partial charge < -0.3 is 13.9 Å². The van der Waals surface area contributed by atoms with E-state index in [0.29, 0.717) is 40.9 Å². The molecular weight excluding hydrogens is 484 g/mol. The number of benzene rings is 1. The largest absolute Gasteiger partial charge is 0.496 e. The Morgan fingerprint density at radius 2 is 1.78 bits per heavy atom. The maximum atomic E-state index is 14.1. The van der Waals surface area contributed by atoms with Crippen molar-refractivity contribution in [1.82, 2.24) is 0 Å². The van der Waals surface area contributed by atoms with Gasteiger partial charge in [0.05, 0.1) is 24.7 Å². The summed E-state index contributed by atoms with van der Waals surface area (Å²) < 4.78 is 18.5. The number of hydrogen-bond acceptors (Lipinski definition) is 6. The van der Waals surface area contributed by atoms with E-state index in [1.54, 1.807) is 18.2 Å². The second-order valence-electron chi connectivity index (χ2n) is 12.5. The van der Waals surface area contributed by atoms with Crippen LogP contribution >= 0.6 is 0 Å². The van der Waals surface area contributed by atoms with Crippen molar-refractivity contribution in [2.45, 2.75) is 84.7 Å². The summed E-state index contributed by atoms with van der Waals surface area (Å²) in [5, 5.41) is -0.0285. The molecule has 0 aliphatic heterocycles. The number of ketones is 2. The van der Waals surface area contributed by atoms with Gasteiger partial charge >= 0.3 is 5.97 Å². The van der Waals surface area contributed by atoms with E-state index in [-0.39, 0.29) is 40.5 Å². The van der Waals surface area contributed by atoms with Gasteiger partial charge in [0.25, 0.3) is 0 Å². The first-order valence-electron chi connectivity index (χ1n) is 13.3. The summed E-state index contributed by atoms with van der Waals surface area (Å²) in [4.78, 5) is 40.6. The first-order chi connectivity index (χ1) is 17.2. The molecule has 0 amide bonds. The molecule has 3 aliphatic carbocycles. The van der Waals surface area contributed by atoms with Crippen LogP contribution in [0.5, 0.6) is 5.75 Å². The van der Waals surface area contributed by atoms with E-state index in [1.807, 2.05) is 19.9 Å². The van der Waals surface area contributed by atoms with E-state index in [9.17, 15) is 14.4 Å². The average Bonchev–Trinajstić information content (AvgIpc) is 2.82. The molecular formula is C30H40O6Si. The molecule has 7 heteroatoms. The third-order valence-electron chi connectivity index (χ3n) is 8.56. The number of carbonyl (C=O) groups excluding carboxylic acids is 3. The summed E-state index contributed by atoms with van der Waals surface area (Å²) in [6.45, 7) is 16.7. The number of rotatable bonds is 5. The number of methoxy groups -OCH3 is 1. The lowest BCUT2D eigenvalue weighted by Crippen LogP contribution is -2.52. The lowest BCUT2D eigenvalue weighted by Gasteiger charge is -2.49. The normalized spacial score (nSPS) is 25.8. The molecule has 0 bridgehead atoms. The van der Waals surface area contributed by atoms with Crippen LogP contribution in [-0.2, 0) is 14.0 Å². The highest BCUT2D eigenvalue weighted by Crippen LogP contribution is 2.51. The molecule has 6 nitrogen and oxygen atoms in total. The van der Waals surface area contributed by atoms with Gasteiger partial charge in [-0.05, 0) is 48.5 Å². The predicted octanol–water partition coefficient (Wildman–Crippen LogP) is 6.32. The average molecular weight is 525 g/mol. The van der Waals surface area contributed by atoms with E-state index in [4.69, 9.17) is 13.9 Å². The molecule has 0 unspecified atom stereocenters. The van der Waals surface area contributed by atoms with Crippen molar-refractivity contribution in [1.29, 1.82) is 0 Å². The Hall–Kier alpha value is -2.51. The van der Waals surface area contributed by atoms with E-state index >= 15 is 0 Å². The minimum Gasteiger partial charge on any atom is -0.496 e. The highest BCUT2D eigenvalue weighted by Gasteiger charge is 2.52. The molecule has 0 aromatic heterocycles. The molecule has 0 radical (unpaired) electrons. The Morgan fingerprint density at radius 3 is 2.38 bits per heavy atom. The zero-order valence-electron chi connectivity index (χ0n) is 23.6. The number of hydrogen-bond donors (Lipinski definition) is 0. The number of esters is 1.